The molecule has 0 aliphatic carbocycles. The van der Waals surface area contributed by atoms with Crippen molar-refractivity contribution in [2.45, 2.75) is 50.7 Å². The zero-order valence-corrected chi connectivity index (χ0v) is 24.4. The molecular formula is C29H33ClFN3O5S. The average molecular weight is 590 g/mol. The number of nitrogens with one attached hydrogen (secondary N) is 1. The van der Waals surface area contributed by atoms with Gasteiger partial charge in [-0.3, -0.25) is 13.9 Å². The molecule has 3 aromatic carbocycles. The highest BCUT2D eigenvalue weighted by Gasteiger charge is 2.33. The van der Waals surface area contributed by atoms with Crippen LogP contribution in [0, 0.1) is 5.82 Å². The van der Waals surface area contributed by atoms with E-state index in [-0.39, 0.29) is 34.1 Å². The highest BCUT2D eigenvalue weighted by Crippen LogP contribution is 2.28. The number of nitrogens with zero attached hydrogens (tertiary/aromatic N) is 2. The van der Waals surface area contributed by atoms with Crippen molar-refractivity contribution < 1.29 is 27.1 Å². The second kappa shape index (κ2) is 13.6. The minimum absolute atomic E-state index is 0.00152. The summed E-state index contributed by atoms with van der Waals surface area (Å²) in [6.45, 7) is 4.71. The van der Waals surface area contributed by atoms with Crippen molar-refractivity contribution in [3.8, 4) is 5.75 Å². The zero-order chi connectivity index (χ0) is 29.4. The first-order valence-corrected chi connectivity index (χ1v) is 14.5. The van der Waals surface area contributed by atoms with Crippen LogP contribution >= 0.6 is 11.6 Å². The predicted molar refractivity (Wildman–Crippen MR) is 153 cm³/mol. The molecule has 0 radical (unpaired) electrons. The van der Waals surface area contributed by atoms with E-state index in [0.29, 0.717) is 17.7 Å². The number of carbonyl (C=O) groups is 2. The minimum atomic E-state index is -4.28. The Balaban J connectivity index is 2.05. The van der Waals surface area contributed by atoms with Crippen LogP contribution in [0.1, 0.15) is 32.8 Å². The van der Waals surface area contributed by atoms with E-state index in [1.165, 1.54) is 30.2 Å². The molecule has 1 N–H and O–H groups in total. The van der Waals surface area contributed by atoms with Gasteiger partial charge in [0.15, 0.2) is 0 Å². The molecule has 0 heterocycles. The lowest BCUT2D eigenvalue weighted by Crippen LogP contribution is -2.52. The molecule has 0 saturated heterocycles. The van der Waals surface area contributed by atoms with E-state index in [0.717, 1.165) is 16.4 Å². The van der Waals surface area contributed by atoms with Crippen molar-refractivity contribution in [3.63, 3.8) is 0 Å². The maximum atomic E-state index is 14.0. The number of sulfonamides is 1. The van der Waals surface area contributed by atoms with Crippen LogP contribution in [0.15, 0.2) is 77.7 Å². The summed E-state index contributed by atoms with van der Waals surface area (Å²) in [5.74, 6) is -1.19. The van der Waals surface area contributed by atoms with E-state index in [9.17, 15) is 22.4 Å². The van der Waals surface area contributed by atoms with Gasteiger partial charge in [0, 0.05) is 12.6 Å². The first-order chi connectivity index (χ1) is 19.0. The second-order valence-corrected chi connectivity index (χ2v) is 11.6. The number of amides is 2. The number of rotatable bonds is 12. The molecule has 214 valence electrons. The fraction of sp³-hybridized carbons (Fsp3) is 0.310. The fourth-order valence-corrected chi connectivity index (χ4v) is 5.51. The maximum Gasteiger partial charge on any atom is 0.264 e. The fourth-order valence-electron chi connectivity index (χ4n) is 3.90. The lowest BCUT2D eigenvalue weighted by molar-refractivity contribution is -0.139. The quantitative estimate of drug-likeness (QED) is 0.320. The molecule has 0 bridgehead atoms. The topological polar surface area (TPSA) is 96.0 Å². The number of anilines is 1. The van der Waals surface area contributed by atoms with Crippen LogP contribution in [0.3, 0.4) is 0 Å². The molecule has 3 rings (SSSR count). The van der Waals surface area contributed by atoms with Crippen LogP contribution in [0.25, 0.3) is 0 Å². The summed E-state index contributed by atoms with van der Waals surface area (Å²) >= 11 is 5.99. The molecule has 2 amide bonds. The maximum absolute atomic E-state index is 14.0. The van der Waals surface area contributed by atoms with Crippen LogP contribution in [0.4, 0.5) is 10.1 Å². The third kappa shape index (κ3) is 7.51. The summed E-state index contributed by atoms with van der Waals surface area (Å²) in [6.07, 6.45) is 0.691. The van der Waals surface area contributed by atoms with Gasteiger partial charge >= 0.3 is 0 Å². The summed E-state index contributed by atoms with van der Waals surface area (Å²) in [7, 11) is -2.76. The summed E-state index contributed by atoms with van der Waals surface area (Å²) in [5, 5.41) is 2.58. The minimum Gasteiger partial charge on any atom is -0.497 e. The van der Waals surface area contributed by atoms with Crippen LogP contribution in [0.2, 0.25) is 5.02 Å². The van der Waals surface area contributed by atoms with Gasteiger partial charge in [-0.2, -0.15) is 0 Å². The second-order valence-electron chi connectivity index (χ2n) is 9.29. The van der Waals surface area contributed by atoms with Gasteiger partial charge < -0.3 is 15.0 Å². The van der Waals surface area contributed by atoms with Crippen molar-refractivity contribution in [1.29, 1.82) is 0 Å². The Labute approximate surface area is 239 Å². The van der Waals surface area contributed by atoms with E-state index < -0.39 is 34.3 Å². The van der Waals surface area contributed by atoms with Crippen molar-refractivity contribution in [1.82, 2.24) is 10.2 Å². The van der Waals surface area contributed by atoms with E-state index in [1.807, 2.05) is 13.8 Å². The summed E-state index contributed by atoms with van der Waals surface area (Å²) in [6, 6.07) is 16.9. The molecule has 0 saturated carbocycles. The van der Waals surface area contributed by atoms with Crippen molar-refractivity contribution in [2.75, 3.05) is 18.0 Å². The predicted octanol–water partition coefficient (Wildman–Crippen LogP) is 5.02. The highest BCUT2D eigenvalue weighted by atomic mass is 35.5. The van der Waals surface area contributed by atoms with Gasteiger partial charge in [-0.25, -0.2) is 12.8 Å². The Morgan fingerprint density at radius 2 is 1.73 bits per heavy atom. The highest BCUT2D eigenvalue weighted by molar-refractivity contribution is 7.92. The smallest absolute Gasteiger partial charge is 0.264 e. The van der Waals surface area contributed by atoms with E-state index in [1.54, 1.807) is 49.4 Å². The third-order valence-electron chi connectivity index (χ3n) is 6.46. The normalized spacial score (nSPS) is 12.8. The molecular weight excluding hydrogens is 557 g/mol. The van der Waals surface area contributed by atoms with Crippen molar-refractivity contribution >= 4 is 39.1 Å². The monoisotopic (exact) mass is 589 g/mol. The van der Waals surface area contributed by atoms with Gasteiger partial charge in [0.2, 0.25) is 11.8 Å². The summed E-state index contributed by atoms with van der Waals surface area (Å²) in [4.78, 5) is 28.3. The van der Waals surface area contributed by atoms with E-state index in [4.69, 9.17) is 16.3 Å². The lowest BCUT2D eigenvalue weighted by Gasteiger charge is -2.32. The summed E-state index contributed by atoms with van der Waals surface area (Å²) in [5.41, 5.74) is 0.680. The van der Waals surface area contributed by atoms with Crippen LogP contribution < -0.4 is 14.4 Å². The van der Waals surface area contributed by atoms with Gasteiger partial charge in [0.25, 0.3) is 10.0 Å². The Kier molecular flexibility index (Phi) is 10.5. The number of hydrogen-bond donors (Lipinski definition) is 1. The first kappa shape index (κ1) is 30.9. The number of methoxy groups -OCH3 is 1. The standard InChI is InChI=1S/C29H33ClFN3O5S/c1-5-20(2)32-29(36)21(3)33(18-22-10-9-11-24(16-22)39-4)28(35)19-34(23-14-15-27(31)26(30)17-23)40(37,38)25-12-7-6-8-13-25/h6-17,20-21H,5,18-19H2,1-4H3,(H,32,36). The molecule has 3 aromatic rings. The molecule has 2 unspecified atom stereocenters. The lowest BCUT2D eigenvalue weighted by atomic mass is 10.1. The number of ether oxygens (including phenoxy) is 1. The molecule has 11 heteroatoms. The first-order valence-electron chi connectivity index (χ1n) is 12.7. The number of carbonyl (C=O) groups excluding carboxylic acids is 2. The molecule has 0 aromatic heterocycles. The molecule has 0 fully saturated rings. The van der Waals surface area contributed by atoms with E-state index >= 15 is 0 Å². The molecule has 0 spiro atoms. The van der Waals surface area contributed by atoms with Crippen LogP contribution in [0.5, 0.6) is 5.75 Å². The van der Waals surface area contributed by atoms with Crippen LogP contribution in [-0.2, 0) is 26.2 Å². The van der Waals surface area contributed by atoms with Gasteiger partial charge in [-0.1, -0.05) is 48.9 Å². The van der Waals surface area contributed by atoms with Gasteiger partial charge in [0.05, 0.1) is 22.7 Å². The molecule has 40 heavy (non-hydrogen) atoms. The third-order valence-corrected chi connectivity index (χ3v) is 8.53. The SMILES string of the molecule is CCC(C)NC(=O)C(C)N(Cc1cccc(OC)c1)C(=O)CN(c1ccc(F)c(Cl)c1)S(=O)(=O)c1ccccc1. The average Bonchev–Trinajstić information content (AvgIpc) is 2.96. The van der Waals surface area contributed by atoms with Gasteiger partial charge in [0.1, 0.15) is 24.2 Å². The molecule has 0 aliphatic rings. The Morgan fingerprint density at radius 1 is 1.02 bits per heavy atom. The Bertz CT molecular complexity index is 1440. The van der Waals surface area contributed by atoms with Crippen molar-refractivity contribution in [2.24, 2.45) is 0 Å². The molecule has 0 aliphatic heterocycles. The largest absolute Gasteiger partial charge is 0.497 e. The zero-order valence-electron chi connectivity index (χ0n) is 22.8. The molecule has 2 atom stereocenters. The summed E-state index contributed by atoms with van der Waals surface area (Å²) < 4.78 is 47.6. The van der Waals surface area contributed by atoms with E-state index in [2.05, 4.69) is 5.32 Å². The van der Waals surface area contributed by atoms with Crippen molar-refractivity contribution in [3.05, 3.63) is 89.2 Å². The number of halogens is 2. The number of benzene rings is 3. The Morgan fingerprint density at radius 3 is 2.35 bits per heavy atom. The van der Waals surface area contributed by atoms with Gasteiger partial charge in [-0.05, 0) is 68.3 Å². The van der Waals surface area contributed by atoms with Crippen LogP contribution in [-0.4, -0.2) is 50.9 Å². The molecule has 8 nitrogen and oxygen atoms in total. The van der Waals surface area contributed by atoms with Gasteiger partial charge in [-0.15, -0.1) is 0 Å². The number of hydrogen-bond acceptors (Lipinski definition) is 5. The Hall–Kier alpha value is -3.63.